The molecule has 0 spiro atoms. The second kappa shape index (κ2) is 10.7. The van der Waals surface area contributed by atoms with Gasteiger partial charge in [-0.25, -0.2) is 8.78 Å². The van der Waals surface area contributed by atoms with Crippen LogP contribution in [-0.2, 0) is 0 Å². The molecule has 1 aliphatic heterocycles. The largest absolute Gasteiger partial charge is 0.378 e. The zero-order valence-corrected chi connectivity index (χ0v) is 19.5. The average molecular weight is 465 g/mol. The molecule has 7 heteroatoms. The molecule has 4 rings (SSSR count). The molecule has 178 valence electrons. The minimum atomic E-state index is -1.03. The van der Waals surface area contributed by atoms with Crippen molar-refractivity contribution in [1.29, 1.82) is 0 Å². The third-order valence-corrected chi connectivity index (χ3v) is 6.31. The second-order valence-electron chi connectivity index (χ2n) is 8.70. The van der Waals surface area contributed by atoms with Crippen LogP contribution in [0.4, 0.5) is 20.2 Å². The van der Waals surface area contributed by atoms with Gasteiger partial charge in [-0.3, -0.25) is 9.69 Å². The topological polar surface area (TPSA) is 38.8 Å². The lowest BCUT2D eigenvalue weighted by atomic mass is 10.0. The summed E-state index contributed by atoms with van der Waals surface area (Å²) in [5.74, 6) is -2.41. The SMILES string of the molecule is CN(C)c1ccc(C(CNC(=O)c2ccc(F)c(F)c2)N2CCN(c3ccccc3)CC2)cc1. The number of para-hydroxylation sites is 1. The Balaban J connectivity index is 1.49. The smallest absolute Gasteiger partial charge is 0.251 e. The first-order valence-electron chi connectivity index (χ1n) is 11.5. The van der Waals surface area contributed by atoms with Crippen LogP contribution in [0.1, 0.15) is 22.0 Å². The first kappa shape index (κ1) is 23.7. The Morgan fingerprint density at radius 3 is 2.21 bits per heavy atom. The van der Waals surface area contributed by atoms with Crippen LogP contribution in [0.15, 0.2) is 72.8 Å². The van der Waals surface area contributed by atoms with E-state index in [1.807, 2.05) is 37.2 Å². The highest BCUT2D eigenvalue weighted by Crippen LogP contribution is 2.26. The second-order valence-corrected chi connectivity index (χ2v) is 8.70. The lowest BCUT2D eigenvalue weighted by molar-refractivity contribution is 0.0929. The van der Waals surface area contributed by atoms with Gasteiger partial charge in [0.25, 0.3) is 5.91 Å². The van der Waals surface area contributed by atoms with Crippen LogP contribution in [0.25, 0.3) is 0 Å². The van der Waals surface area contributed by atoms with E-state index in [2.05, 4.69) is 51.5 Å². The standard InChI is InChI=1S/C27H30F2N4O/c1-31(2)22-11-8-20(9-12-22)26(19-30-27(34)21-10-13-24(28)25(29)18-21)33-16-14-32(15-17-33)23-6-4-3-5-7-23/h3-13,18,26H,14-17,19H2,1-2H3,(H,30,34). The molecule has 1 atom stereocenters. The number of rotatable bonds is 7. The number of anilines is 2. The molecule has 0 saturated carbocycles. The highest BCUT2D eigenvalue weighted by Gasteiger charge is 2.26. The fourth-order valence-electron chi connectivity index (χ4n) is 4.31. The van der Waals surface area contributed by atoms with Crippen molar-refractivity contribution in [2.24, 2.45) is 0 Å². The van der Waals surface area contributed by atoms with E-state index < -0.39 is 17.5 Å². The molecule has 0 aromatic heterocycles. The quantitative estimate of drug-likeness (QED) is 0.565. The molecule has 3 aromatic rings. The van der Waals surface area contributed by atoms with Crippen LogP contribution in [0.3, 0.4) is 0 Å². The van der Waals surface area contributed by atoms with Crippen molar-refractivity contribution in [3.8, 4) is 0 Å². The van der Waals surface area contributed by atoms with Crippen molar-refractivity contribution in [3.63, 3.8) is 0 Å². The van der Waals surface area contributed by atoms with Gasteiger partial charge in [-0.1, -0.05) is 30.3 Å². The number of hydrogen-bond donors (Lipinski definition) is 1. The predicted molar refractivity (Wildman–Crippen MR) is 132 cm³/mol. The molecule has 0 bridgehead atoms. The summed E-state index contributed by atoms with van der Waals surface area (Å²) in [6.07, 6.45) is 0. The molecule has 3 aromatic carbocycles. The van der Waals surface area contributed by atoms with E-state index in [-0.39, 0.29) is 11.6 Å². The number of nitrogens with one attached hydrogen (secondary N) is 1. The molecule has 1 saturated heterocycles. The van der Waals surface area contributed by atoms with E-state index >= 15 is 0 Å². The number of halogens is 2. The molecule has 1 aliphatic rings. The summed E-state index contributed by atoms with van der Waals surface area (Å²) in [4.78, 5) is 19.5. The monoisotopic (exact) mass is 464 g/mol. The molecule has 0 aliphatic carbocycles. The fraction of sp³-hybridized carbons (Fsp3) is 0.296. The third-order valence-electron chi connectivity index (χ3n) is 6.31. The van der Waals surface area contributed by atoms with E-state index in [0.717, 1.165) is 49.6 Å². The van der Waals surface area contributed by atoms with Gasteiger partial charge < -0.3 is 15.1 Å². The average Bonchev–Trinajstić information content (AvgIpc) is 2.87. The molecule has 1 heterocycles. The van der Waals surface area contributed by atoms with E-state index in [9.17, 15) is 13.6 Å². The molecule has 1 N–H and O–H groups in total. The fourth-order valence-corrected chi connectivity index (χ4v) is 4.31. The Bertz CT molecular complexity index is 1100. The van der Waals surface area contributed by atoms with Crippen LogP contribution in [0, 0.1) is 11.6 Å². The van der Waals surface area contributed by atoms with Gasteiger partial charge in [-0.15, -0.1) is 0 Å². The van der Waals surface area contributed by atoms with Gasteiger partial charge in [-0.05, 0) is 48.0 Å². The van der Waals surface area contributed by atoms with Crippen molar-refractivity contribution in [1.82, 2.24) is 10.2 Å². The van der Waals surface area contributed by atoms with Gasteiger partial charge in [0.1, 0.15) is 0 Å². The van der Waals surface area contributed by atoms with E-state index in [1.54, 1.807) is 0 Å². The summed E-state index contributed by atoms with van der Waals surface area (Å²) in [6.45, 7) is 3.82. The first-order valence-corrected chi connectivity index (χ1v) is 11.5. The number of hydrogen-bond acceptors (Lipinski definition) is 4. The number of carbonyl (C=O) groups excluding carboxylic acids is 1. The van der Waals surface area contributed by atoms with Gasteiger partial charge in [0.05, 0.1) is 6.04 Å². The van der Waals surface area contributed by atoms with Crippen molar-refractivity contribution in [2.45, 2.75) is 6.04 Å². The van der Waals surface area contributed by atoms with E-state index in [1.165, 1.54) is 11.8 Å². The lowest BCUT2D eigenvalue weighted by Crippen LogP contribution is -2.50. The summed E-state index contributed by atoms with van der Waals surface area (Å²) in [5.41, 5.74) is 3.52. The number of carbonyl (C=O) groups is 1. The summed E-state index contributed by atoms with van der Waals surface area (Å²) in [5, 5.41) is 2.93. The first-order chi connectivity index (χ1) is 16.4. The number of benzene rings is 3. The Hall–Kier alpha value is -3.45. The Labute approximate surface area is 199 Å². The molecule has 0 radical (unpaired) electrons. The van der Waals surface area contributed by atoms with Crippen molar-refractivity contribution in [3.05, 3.63) is 95.6 Å². The molecule has 5 nitrogen and oxygen atoms in total. The predicted octanol–water partition coefficient (Wildman–Crippen LogP) is 4.32. The molecular weight excluding hydrogens is 434 g/mol. The molecule has 1 unspecified atom stereocenters. The highest BCUT2D eigenvalue weighted by molar-refractivity contribution is 5.94. The number of amides is 1. The minimum Gasteiger partial charge on any atom is -0.378 e. The lowest BCUT2D eigenvalue weighted by Gasteiger charge is -2.40. The van der Waals surface area contributed by atoms with Gasteiger partial charge in [0.2, 0.25) is 0 Å². The van der Waals surface area contributed by atoms with Crippen LogP contribution in [0.2, 0.25) is 0 Å². The van der Waals surface area contributed by atoms with Crippen molar-refractivity contribution < 1.29 is 13.6 Å². The number of piperazine rings is 1. The Kier molecular flexibility index (Phi) is 7.43. The normalized spacial score (nSPS) is 15.1. The van der Waals surface area contributed by atoms with Gasteiger partial charge in [-0.2, -0.15) is 0 Å². The summed E-state index contributed by atoms with van der Waals surface area (Å²) in [6, 6.07) is 21.8. The van der Waals surface area contributed by atoms with Crippen LogP contribution < -0.4 is 15.1 Å². The van der Waals surface area contributed by atoms with Crippen LogP contribution in [0.5, 0.6) is 0 Å². The van der Waals surface area contributed by atoms with Crippen LogP contribution in [-0.4, -0.2) is 57.6 Å². The van der Waals surface area contributed by atoms with Gasteiger partial charge in [0, 0.05) is 63.8 Å². The van der Waals surface area contributed by atoms with Gasteiger partial charge in [0.15, 0.2) is 11.6 Å². The van der Waals surface area contributed by atoms with Crippen molar-refractivity contribution >= 4 is 17.3 Å². The third kappa shape index (κ3) is 5.54. The Morgan fingerprint density at radius 2 is 1.59 bits per heavy atom. The maximum atomic E-state index is 13.6. The Morgan fingerprint density at radius 1 is 0.912 bits per heavy atom. The van der Waals surface area contributed by atoms with Crippen molar-refractivity contribution in [2.75, 3.05) is 56.6 Å². The van der Waals surface area contributed by atoms with E-state index in [4.69, 9.17) is 0 Å². The molecule has 34 heavy (non-hydrogen) atoms. The van der Waals surface area contributed by atoms with E-state index in [0.29, 0.717) is 6.54 Å². The zero-order chi connectivity index (χ0) is 24.1. The molecule has 1 fully saturated rings. The summed E-state index contributed by atoms with van der Waals surface area (Å²) < 4.78 is 26.9. The van der Waals surface area contributed by atoms with Crippen LogP contribution >= 0.6 is 0 Å². The highest BCUT2D eigenvalue weighted by atomic mass is 19.2. The molecular formula is C27H30F2N4O. The maximum absolute atomic E-state index is 13.6. The summed E-state index contributed by atoms with van der Waals surface area (Å²) >= 11 is 0. The minimum absolute atomic E-state index is 0.0385. The maximum Gasteiger partial charge on any atom is 0.251 e. The summed E-state index contributed by atoms with van der Waals surface area (Å²) in [7, 11) is 3.99. The number of nitrogens with zero attached hydrogens (tertiary/aromatic N) is 3. The molecule has 1 amide bonds. The van der Waals surface area contributed by atoms with Gasteiger partial charge >= 0.3 is 0 Å². The zero-order valence-electron chi connectivity index (χ0n) is 19.5.